The zero-order chi connectivity index (χ0) is 10.7. The smallest absolute Gasteiger partial charge is 0.259 e. The number of aromatic nitrogens is 1. The van der Waals surface area contributed by atoms with Crippen molar-refractivity contribution in [3.63, 3.8) is 0 Å². The molecule has 1 atom stereocenters. The van der Waals surface area contributed by atoms with Crippen LogP contribution < -0.4 is 5.32 Å². The van der Waals surface area contributed by atoms with E-state index >= 15 is 0 Å². The number of H-pyrrole nitrogens is 1. The van der Waals surface area contributed by atoms with Crippen molar-refractivity contribution in [3.05, 3.63) is 24.0 Å². The molecule has 0 amide bonds. The number of nitrogens with one attached hydrogen (secondary N) is 2. The molecule has 2 rings (SSSR count). The highest BCUT2D eigenvalue weighted by molar-refractivity contribution is 5.10. The molecule has 1 fully saturated rings. The molecule has 5 heteroatoms. The highest BCUT2D eigenvalue weighted by Crippen LogP contribution is 2.26. The maximum absolute atomic E-state index is 13.0. The van der Waals surface area contributed by atoms with Crippen LogP contribution in [0.25, 0.3) is 0 Å². The Balaban J connectivity index is 2.12. The molecule has 0 spiro atoms. The molecule has 0 aliphatic carbocycles. The van der Waals surface area contributed by atoms with Crippen LogP contribution in [0, 0.1) is 0 Å². The third kappa shape index (κ3) is 2.35. The molecule has 1 saturated heterocycles. The van der Waals surface area contributed by atoms with Gasteiger partial charge in [-0.05, 0) is 12.1 Å². The molecule has 1 aromatic rings. The summed E-state index contributed by atoms with van der Waals surface area (Å²) in [4.78, 5) is 4.70. The fourth-order valence-corrected chi connectivity index (χ4v) is 1.98. The first-order valence-corrected chi connectivity index (χ1v) is 5.15. The molecule has 2 N–H and O–H groups in total. The monoisotopic (exact) mass is 215 g/mol. The first kappa shape index (κ1) is 10.6. The van der Waals surface area contributed by atoms with Gasteiger partial charge in [0, 0.05) is 38.1 Å². The number of rotatable bonds is 3. The molecule has 1 aromatic heterocycles. The van der Waals surface area contributed by atoms with Crippen LogP contribution in [0.2, 0.25) is 0 Å². The summed E-state index contributed by atoms with van der Waals surface area (Å²) in [6.45, 7) is 2.91. The molecule has 0 radical (unpaired) electrons. The lowest BCUT2D eigenvalue weighted by molar-refractivity contribution is 0.0163. The second-order valence-electron chi connectivity index (χ2n) is 3.69. The van der Waals surface area contributed by atoms with E-state index in [0.29, 0.717) is 18.8 Å². The summed E-state index contributed by atoms with van der Waals surface area (Å²) in [6, 6.07) is 2.69. The quantitative estimate of drug-likeness (QED) is 0.794. The molecule has 0 bridgehead atoms. The maximum atomic E-state index is 13.0. The predicted octanol–water partition coefficient (Wildman–Crippen LogP) is 1.23. The van der Waals surface area contributed by atoms with E-state index in [4.69, 9.17) is 0 Å². The minimum atomic E-state index is -2.35. The Kier molecular flexibility index (Phi) is 3.33. The molecule has 84 valence electrons. The average Bonchev–Trinajstić information content (AvgIpc) is 2.72. The third-order valence-corrected chi connectivity index (χ3v) is 2.72. The summed E-state index contributed by atoms with van der Waals surface area (Å²) >= 11 is 0. The van der Waals surface area contributed by atoms with Gasteiger partial charge in [-0.3, -0.25) is 4.90 Å². The molecular formula is C10H15F2N3. The Bertz CT molecular complexity index is 281. The van der Waals surface area contributed by atoms with Gasteiger partial charge in [0.05, 0.1) is 0 Å². The molecular weight excluding hydrogens is 200 g/mol. The van der Waals surface area contributed by atoms with Crippen LogP contribution in [0.4, 0.5) is 8.78 Å². The largest absolute Gasteiger partial charge is 0.364 e. The van der Waals surface area contributed by atoms with Gasteiger partial charge < -0.3 is 10.3 Å². The summed E-state index contributed by atoms with van der Waals surface area (Å²) in [6.07, 6.45) is -0.658. The lowest BCUT2D eigenvalue weighted by Gasteiger charge is -2.33. The van der Waals surface area contributed by atoms with Gasteiger partial charge in [0.2, 0.25) is 0 Å². The van der Waals surface area contributed by atoms with Crippen LogP contribution >= 0.6 is 0 Å². The Labute approximate surface area is 87.5 Å². The van der Waals surface area contributed by atoms with E-state index in [0.717, 1.165) is 13.1 Å². The zero-order valence-electron chi connectivity index (χ0n) is 8.42. The van der Waals surface area contributed by atoms with E-state index in [-0.39, 0.29) is 0 Å². The Morgan fingerprint density at radius 2 is 2.00 bits per heavy atom. The summed E-state index contributed by atoms with van der Waals surface area (Å²) < 4.78 is 25.9. The number of alkyl halides is 2. The van der Waals surface area contributed by atoms with Crippen LogP contribution in [0.1, 0.15) is 11.7 Å². The van der Waals surface area contributed by atoms with Crippen molar-refractivity contribution in [2.24, 2.45) is 0 Å². The Hall–Kier alpha value is -0.940. The Morgan fingerprint density at radius 1 is 1.27 bits per heavy atom. The number of piperazine rings is 1. The van der Waals surface area contributed by atoms with E-state index in [2.05, 4.69) is 10.3 Å². The van der Waals surface area contributed by atoms with Gasteiger partial charge in [0.25, 0.3) is 6.43 Å². The minimum absolute atomic E-state index is 0.604. The van der Waals surface area contributed by atoms with Gasteiger partial charge in [-0.15, -0.1) is 0 Å². The third-order valence-electron chi connectivity index (χ3n) is 2.72. The van der Waals surface area contributed by atoms with Crippen LogP contribution in [-0.4, -0.2) is 42.5 Å². The van der Waals surface area contributed by atoms with E-state index in [9.17, 15) is 8.78 Å². The zero-order valence-corrected chi connectivity index (χ0v) is 8.42. The van der Waals surface area contributed by atoms with Crippen LogP contribution in [0.15, 0.2) is 18.3 Å². The van der Waals surface area contributed by atoms with E-state index < -0.39 is 12.5 Å². The second kappa shape index (κ2) is 4.72. The fraction of sp³-hybridized carbons (Fsp3) is 0.600. The number of nitrogens with zero attached hydrogens (tertiary/aromatic N) is 1. The fourth-order valence-electron chi connectivity index (χ4n) is 1.98. The Morgan fingerprint density at radius 3 is 2.53 bits per heavy atom. The van der Waals surface area contributed by atoms with Crippen LogP contribution in [-0.2, 0) is 0 Å². The summed E-state index contributed by atoms with van der Waals surface area (Å²) in [5.74, 6) is 0. The summed E-state index contributed by atoms with van der Waals surface area (Å²) in [5, 5.41) is 3.16. The van der Waals surface area contributed by atoms with E-state index in [1.54, 1.807) is 18.3 Å². The molecule has 0 aromatic carbocycles. The lowest BCUT2D eigenvalue weighted by Crippen LogP contribution is -2.47. The molecule has 1 aliphatic rings. The standard InChI is InChI=1S/C10H15F2N3/c11-10(12)9(8-2-1-3-14-8)15-6-4-13-5-7-15/h1-3,9-10,13-14H,4-7H2/t9-/m0/s1. The first-order valence-electron chi connectivity index (χ1n) is 5.15. The van der Waals surface area contributed by atoms with Gasteiger partial charge >= 0.3 is 0 Å². The van der Waals surface area contributed by atoms with Gasteiger partial charge in [-0.2, -0.15) is 0 Å². The highest BCUT2D eigenvalue weighted by Gasteiger charge is 2.30. The molecule has 15 heavy (non-hydrogen) atoms. The van der Waals surface area contributed by atoms with Crippen molar-refractivity contribution in [2.75, 3.05) is 26.2 Å². The maximum Gasteiger partial charge on any atom is 0.259 e. The van der Waals surface area contributed by atoms with Crippen LogP contribution in [0.3, 0.4) is 0 Å². The van der Waals surface area contributed by atoms with Crippen molar-refractivity contribution in [1.29, 1.82) is 0 Å². The molecule has 3 nitrogen and oxygen atoms in total. The van der Waals surface area contributed by atoms with Crippen molar-refractivity contribution in [2.45, 2.75) is 12.5 Å². The van der Waals surface area contributed by atoms with E-state index in [1.165, 1.54) is 0 Å². The lowest BCUT2D eigenvalue weighted by atomic mass is 10.1. The van der Waals surface area contributed by atoms with E-state index in [1.807, 2.05) is 4.90 Å². The van der Waals surface area contributed by atoms with Gasteiger partial charge in [-0.1, -0.05) is 0 Å². The molecule has 0 saturated carbocycles. The van der Waals surface area contributed by atoms with Gasteiger partial charge in [0.15, 0.2) is 0 Å². The number of aromatic amines is 1. The molecule has 1 aliphatic heterocycles. The summed E-state index contributed by atoms with van der Waals surface area (Å²) in [7, 11) is 0. The van der Waals surface area contributed by atoms with Crippen molar-refractivity contribution in [1.82, 2.24) is 15.2 Å². The highest BCUT2D eigenvalue weighted by atomic mass is 19.3. The summed E-state index contributed by atoms with van der Waals surface area (Å²) in [5.41, 5.74) is 0.604. The average molecular weight is 215 g/mol. The molecule has 0 unspecified atom stereocenters. The minimum Gasteiger partial charge on any atom is -0.364 e. The van der Waals surface area contributed by atoms with Crippen molar-refractivity contribution >= 4 is 0 Å². The number of hydrogen-bond acceptors (Lipinski definition) is 2. The second-order valence-corrected chi connectivity index (χ2v) is 3.69. The van der Waals surface area contributed by atoms with Gasteiger partial charge in [0.1, 0.15) is 6.04 Å². The molecule has 2 heterocycles. The topological polar surface area (TPSA) is 31.1 Å². The van der Waals surface area contributed by atoms with Crippen LogP contribution in [0.5, 0.6) is 0 Å². The predicted molar refractivity (Wildman–Crippen MR) is 54.0 cm³/mol. The van der Waals surface area contributed by atoms with Crippen molar-refractivity contribution in [3.8, 4) is 0 Å². The van der Waals surface area contributed by atoms with Gasteiger partial charge in [-0.25, -0.2) is 8.78 Å². The SMILES string of the molecule is FC(F)[C@H](c1ccc[nH]1)N1CCNCC1. The normalized spacial score (nSPS) is 20.7. The number of halogens is 2. The number of hydrogen-bond donors (Lipinski definition) is 2. The van der Waals surface area contributed by atoms with Crippen molar-refractivity contribution < 1.29 is 8.78 Å². The first-order chi connectivity index (χ1) is 7.29.